The molecule has 0 radical (unpaired) electrons. The number of nitrogens with zero attached hydrogens (tertiary/aromatic N) is 1. The van der Waals surface area contributed by atoms with E-state index in [1.54, 1.807) is 19.1 Å². The van der Waals surface area contributed by atoms with Crippen molar-refractivity contribution in [3.63, 3.8) is 0 Å². The van der Waals surface area contributed by atoms with Crippen molar-refractivity contribution in [2.75, 3.05) is 19.8 Å². The van der Waals surface area contributed by atoms with Crippen molar-refractivity contribution in [2.24, 2.45) is 11.8 Å². The minimum absolute atomic E-state index is 0.0842. The molecule has 3 heterocycles. The summed E-state index contributed by atoms with van der Waals surface area (Å²) < 4.78 is 10.4. The second kappa shape index (κ2) is 9.57. The molecule has 3 atom stereocenters. The van der Waals surface area contributed by atoms with Crippen LogP contribution in [-0.2, 0) is 28.7 Å². The van der Waals surface area contributed by atoms with Gasteiger partial charge in [0.1, 0.15) is 13.2 Å². The van der Waals surface area contributed by atoms with E-state index in [4.69, 9.17) is 9.47 Å². The number of fused-ring (bicyclic) bond motifs is 1. The van der Waals surface area contributed by atoms with Crippen LogP contribution in [0.1, 0.15) is 30.7 Å². The van der Waals surface area contributed by atoms with Crippen LogP contribution in [0.25, 0.3) is 0 Å². The molecule has 1 aliphatic carbocycles. The molecule has 11 heteroatoms. The first-order chi connectivity index (χ1) is 15.9. The number of carbonyl (C=O) groups is 5. The van der Waals surface area contributed by atoms with E-state index in [0.29, 0.717) is 17.7 Å². The number of ether oxygens (including phenoxy) is 2. The highest BCUT2D eigenvalue weighted by atomic mass is 32.1. The molecule has 2 aliphatic heterocycles. The number of allylic oxidation sites excluding steroid dienone is 2. The van der Waals surface area contributed by atoms with Crippen LogP contribution in [0.15, 0.2) is 40.9 Å². The van der Waals surface area contributed by atoms with Gasteiger partial charge in [-0.2, -0.15) is 0 Å². The number of nitrogens with one attached hydrogen (secondary N) is 2. The molecule has 4 rings (SSSR count). The van der Waals surface area contributed by atoms with Gasteiger partial charge < -0.3 is 20.1 Å². The summed E-state index contributed by atoms with van der Waals surface area (Å²) in [5.74, 6) is -3.13. The number of carbonyl (C=O) groups excluding carboxylic acids is 5. The summed E-state index contributed by atoms with van der Waals surface area (Å²) in [6.45, 7) is 0.835. The van der Waals surface area contributed by atoms with E-state index in [9.17, 15) is 24.0 Å². The van der Waals surface area contributed by atoms with E-state index in [0.717, 1.165) is 4.90 Å². The zero-order valence-corrected chi connectivity index (χ0v) is 18.7. The SMILES string of the molecule is CCOC(=O)C1=C(COC(=O)CN2C(=O)[C@H]3CC=CC[C@H]3C2=O)NC(=O)N[C@@H]1c1cccs1. The van der Waals surface area contributed by atoms with Crippen molar-refractivity contribution in [3.8, 4) is 0 Å². The van der Waals surface area contributed by atoms with Crippen LogP contribution in [0.4, 0.5) is 4.79 Å². The fraction of sp³-hybridized carbons (Fsp3) is 0.409. The third kappa shape index (κ3) is 4.54. The third-order valence-corrected chi connectivity index (χ3v) is 6.68. The highest BCUT2D eigenvalue weighted by molar-refractivity contribution is 7.10. The molecule has 2 N–H and O–H groups in total. The Morgan fingerprint density at radius 1 is 1.12 bits per heavy atom. The van der Waals surface area contributed by atoms with E-state index in [1.165, 1.54) is 11.3 Å². The fourth-order valence-electron chi connectivity index (χ4n) is 4.20. The lowest BCUT2D eigenvalue weighted by atomic mass is 9.85. The molecule has 3 aliphatic rings. The molecule has 1 fully saturated rings. The number of likely N-dealkylation sites (tertiary alicyclic amines) is 1. The predicted octanol–water partition coefficient (Wildman–Crippen LogP) is 1.41. The minimum Gasteiger partial charge on any atom is -0.463 e. The summed E-state index contributed by atoms with van der Waals surface area (Å²) in [4.78, 5) is 64.1. The van der Waals surface area contributed by atoms with Crippen LogP contribution in [0, 0.1) is 11.8 Å². The standard InChI is InChI=1S/C22H23N3O7S/c1-2-31-21(29)17-14(23-22(30)24-18(17)15-8-5-9-33-15)11-32-16(26)10-25-19(27)12-6-3-4-7-13(12)20(25)28/h3-5,8-9,12-13,18H,2,6-7,10-11H2,1H3,(H2,23,24,30)/t12-,13+,18-/m1/s1. The van der Waals surface area contributed by atoms with Crippen LogP contribution >= 0.6 is 11.3 Å². The maximum absolute atomic E-state index is 12.7. The van der Waals surface area contributed by atoms with Crippen molar-refractivity contribution >= 4 is 41.1 Å². The van der Waals surface area contributed by atoms with Gasteiger partial charge in [0.15, 0.2) is 0 Å². The van der Waals surface area contributed by atoms with Crippen molar-refractivity contribution in [1.82, 2.24) is 15.5 Å². The Morgan fingerprint density at radius 2 is 1.82 bits per heavy atom. The van der Waals surface area contributed by atoms with Gasteiger partial charge in [-0.05, 0) is 31.2 Å². The molecule has 0 bridgehead atoms. The van der Waals surface area contributed by atoms with Gasteiger partial charge in [0.05, 0.1) is 35.8 Å². The van der Waals surface area contributed by atoms with E-state index in [-0.39, 0.29) is 29.7 Å². The Bertz CT molecular complexity index is 1020. The Kier molecular flexibility index (Phi) is 6.59. The highest BCUT2D eigenvalue weighted by Crippen LogP contribution is 2.35. The number of hydrogen-bond donors (Lipinski definition) is 2. The average Bonchev–Trinajstić information content (AvgIpc) is 3.41. The minimum atomic E-state index is -0.820. The van der Waals surface area contributed by atoms with Gasteiger partial charge in [0, 0.05) is 4.88 Å². The van der Waals surface area contributed by atoms with Gasteiger partial charge in [-0.3, -0.25) is 19.3 Å². The number of rotatable bonds is 7. The normalized spacial score (nSPS) is 24.3. The molecule has 4 amide bonds. The molecule has 33 heavy (non-hydrogen) atoms. The largest absolute Gasteiger partial charge is 0.463 e. The number of thiophene rings is 1. The smallest absolute Gasteiger partial charge is 0.338 e. The zero-order valence-electron chi connectivity index (χ0n) is 17.9. The van der Waals surface area contributed by atoms with Crippen molar-refractivity contribution in [3.05, 3.63) is 45.8 Å². The molecule has 0 saturated carbocycles. The summed E-state index contributed by atoms with van der Waals surface area (Å²) in [5, 5.41) is 7.00. The first kappa shape index (κ1) is 22.7. The van der Waals surface area contributed by atoms with Gasteiger partial charge in [-0.15, -0.1) is 11.3 Å². The molecule has 0 unspecified atom stereocenters. The van der Waals surface area contributed by atoms with E-state index in [2.05, 4.69) is 10.6 Å². The van der Waals surface area contributed by atoms with Crippen LogP contribution in [-0.4, -0.2) is 54.4 Å². The third-order valence-electron chi connectivity index (χ3n) is 5.74. The quantitative estimate of drug-likeness (QED) is 0.348. The molecule has 1 saturated heterocycles. The number of esters is 2. The topological polar surface area (TPSA) is 131 Å². The second-order valence-corrected chi connectivity index (χ2v) is 8.72. The Hall–Kier alpha value is -3.47. The molecule has 174 valence electrons. The van der Waals surface area contributed by atoms with Crippen LogP contribution in [0.5, 0.6) is 0 Å². The summed E-state index contributed by atoms with van der Waals surface area (Å²) in [7, 11) is 0. The summed E-state index contributed by atoms with van der Waals surface area (Å²) in [6, 6.07) is 2.23. The Balaban J connectivity index is 1.49. The van der Waals surface area contributed by atoms with Crippen LogP contribution < -0.4 is 10.6 Å². The second-order valence-electron chi connectivity index (χ2n) is 7.74. The number of amides is 4. The lowest BCUT2D eigenvalue weighted by Gasteiger charge is -2.28. The molecule has 0 aromatic carbocycles. The summed E-state index contributed by atoms with van der Waals surface area (Å²) >= 11 is 1.35. The maximum atomic E-state index is 12.7. The highest BCUT2D eigenvalue weighted by Gasteiger charge is 2.48. The lowest BCUT2D eigenvalue weighted by molar-refractivity contribution is -0.152. The first-order valence-electron chi connectivity index (χ1n) is 10.6. The van der Waals surface area contributed by atoms with Gasteiger partial charge in [0.25, 0.3) is 0 Å². The van der Waals surface area contributed by atoms with Crippen LogP contribution in [0.2, 0.25) is 0 Å². The lowest BCUT2D eigenvalue weighted by Crippen LogP contribution is -2.47. The summed E-state index contributed by atoms with van der Waals surface area (Å²) in [5.41, 5.74) is 0.206. The van der Waals surface area contributed by atoms with Gasteiger partial charge in [-0.1, -0.05) is 18.2 Å². The molecule has 1 aromatic rings. The number of imide groups is 1. The maximum Gasteiger partial charge on any atom is 0.338 e. The average molecular weight is 474 g/mol. The van der Waals surface area contributed by atoms with Gasteiger partial charge in [-0.25, -0.2) is 9.59 Å². The summed E-state index contributed by atoms with van der Waals surface area (Å²) in [6.07, 6.45) is 4.67. The monoisotopic (exact) mass is 473 g/mol. The zero-order chi connectivity index (χ0) is 23.5. The van der Waals surface area contributed by atoms with Crippen molar-refractivity contribution < 1.29 is 33.4 Å². The van der Waals surface area contributed by atoms with E-state index in [1.807, 2.05) is 17.5 Å². The Morgan fingerprint density at radius 3 is 2.42 bits per heavy atom. The number of hydrogen-bond acceptors (Lipinski definition) is 8. The molecule has 0 spiro atoms. The van der Waals surface area contributed by atoms with Gasteiger partial charge >= 0.3 is 18.0 Å². The van der Waals surface area contributed by atoms with E-state index >= 15 is 0 Å². The molecule has 1 aromatic heterocycles. The van der Waals surface area contributed by atoms with E-state index < -0.39 is 49.0 Å². The number of urea groups is 1. The molecular weight excluding hydrogens is 450 g/mol. The predicted molar refractivity (Wildman–Crippen MR) is 115 cm³/mol. The molecular formula is C22H23N3O7S. The fourth-order valence-corrected chi connectivity index (χ4v) is 4.99. The van der Waals surface area contributed by atoms with Gasteiger partial charge in [0.2, 0.25) is 11.8 Å². The van der Waals surface area contributed by atoms with Crippen LogP contribution in [0.3, 0.4) is 0 Å². The molecule has 10 nitrogen and oxygen atoms in total. The Labute approximate surface area is 193 Å². The van der Waals surface area contributed by atoms with Crippen molar-refractivity contribution in [1.29, 1.82) is 0 Å². The first-order valence-corrected chi connectivity index (χ1v) is 11.5. The van der Waals surface area contributed by atoms with Crippen molar-refractivity contribution in [2.45, 2.75) is 25.8 Å².